The summed E-state index contributed by atoms with van der Waals surface area (Å²) < 4.78 is 5.73. The second-order valence-corrected chi connectivity index (χ2v) is 3.87. The second kappa shape index (κ2) is 3.81. The Hall–Kier alpha value is -1.70. The van der Waals surface area contributed by atoms with Crippen LogP contribution in [-0.4, -0.2) is 6.10 Å². The van der Waals surface area contributed by atoms with Gasteiger partial charge in [0.25, 0.3) is 0 Å². The van der Waals surface area contributed by atoms with E-state index in [1.807, 2.05) is 50.2 Å². The summed E-state index contributed by atoms with van der Waals surface area (Å²) in [6.07, 6.45) is 0.178. The topological polar surface area (TPSA) is 35.2 Å². The number of rotatable bonds is 2. The molecule has 78 valence electrons. The van der Waals surface area contributed by atoms with Gasteiger partial charge in [-0.1, -0.05) is 24.3 Å². The number of nitrogens with two attached hydrogens (primary N) is 1. The Morgan fingerprint density at radius 2 is 1.67 bits per heavy atom. The molecule has 2 N–H and O–H groups in total. The van der Waals surface area contributed by atoms with Gasteiger partial charge in [-0.05, 0) is 26.0 Å². The summed E-state index contributed by atoms with van der Waals surface area (Å²) in [6, 6.07) is 11.8. The largest absolute Gasteiger partial charge is 0.490 e. The molecule has 2 aromatic rings. The molecule has 0 aliphatic heterocycles. The molecule has 0 atom stereocenters. The molecular weight excluding hydrogens is 186 g/mol. The van der Waals surface area contributed by atoms with Crippen molar-refractivity contribution < 1.29 is 4.74 Å². The zero-order valence-electron chi connectivity index (χ0n) is 9.03. The summed E-state index contributed by atoms with van der Waals surface area (Å²) >= 11 is 0. The zero-order chi connectivity index (χ0) is 10.8. The van der Waals surface area contributed by atoms with Gasteiger partial charge in [0.2, 0.25) is 0 Å². The molecule has 0 saturated carbocycles. The average Bonchev–Trinajstić information content (AvgIpc) is 2.22. The average molecular weight is 201 g/mol. The van der Waals surface area contributed by atoms with E-state index < -0.39 is 0 Å². The molecule has 0 heterocycles. The Morgan fingerprint density at radius 3 is 2.33 bits per heavy atom. The summed E-state index contributed by atoms with van der Waals surface area (Å²) in [5.41, 5.74) is 6.69. The zero-order valence-corrected chi connectivity index (χ0v) is 9.03. The van der Waals surface area contributed by atoms with Crippen LogP contribution in [-0.2, 0) is 0 Å². The highest BCUT2D eigenvalue weighted by Crippen LogP contribution is 2.30. The molecule has 2 nitrogen and oxygen atoms in total. The van der Waals surface area contributed by atoms with Gasteiger partial charge in [0.05, 0.1) is 6.10 Å². The summed E-state index contributed by atoms with van der Waals surface area (Å²) in [4.78, 5) is 0. The maximum Gasteiger partial charge on any atom is 0.127 e. The van der Waals surface area contributed by atoms with E-state index in [0.717, 1.165) is 22.2 Å². The lowest BCUT2D eigenvalue weighted by atomic mass is 10.1. The van der Waals surface area contributed by atoms with Crippen LogP contribution in [0.4, 0.5) is 5.69 Å². The fraction of sp³-hybridized carbons (Fsp3) is 0.231. The van der Waals surface area contributed by atoms with Crippen molar-refractivity contribution in [1.29, 1.82) is 0 Å². The highest BCUT2D eigenvalue weighted by Gasteiger charge is 2.05. The lowest BCUT2D eigenvalue weighted by Crippen LogP contribution is -2.06. The standard InChI is InChI=1S/C13H15NO/c1-9(2)15-13-8-7-12(14)10-5-3-4-6-11(10)13/h3-9H,14H2,1-2H3. The molecule has 0 amide bonds. The molecule has 0 unspecified atom stereocenters. The van der Waals surface area contributed by atoms with Crippen LogP contribution in [0.3, 0.4) is 0 Å². The molecule has 0 bridgehead atoms. The van der Waals surface area contributed by atoms with Gasteiger partial charge in [-0.25, -0.2) is 0 Å². The van der Waals surface area contributed by atoms with Gasteiger partial charge >= 0.3 is 0 Å². The van der Waals surface area contributed by atoms with Gasteiger partial charge < -0.3 is 10.5 Å². The van der Waals surface area contributed by atoms with Crippen molar-refractivity contribution in [2.45, 2.75) is 20.0 Å². The minimum absolute atomic E-state index is 0.178. The van der Waals surface area contributed by atoms with Crippen molar-refractivity contribution in [3.05, 3.63) is 36.4 Å². The molecule has 0 spiro atoms. The van der Waals surface area contributed by atoms with E-state index in [1.54, 1.807) is 0 Å². The Morgan fingerprint density at radius 1 is 1.00 bits per heavy atom. The van der Waals surface area contributed by atoms with Gasteiger partial charge in [-0.15, -0.1) is 0 Å². The van der Waals surface area contributed by atoms with Gasteiger partial charge in [0.15, 0.2) is 0 Å². The van der Waals surface area contributed by atoms with Crippen LogP contribution in [0.2, 0.25) is 0 Å². The molecule has 2 aromatic carbocycles. The molecule has 0 fully saturated rings. The minimum atomic E-state index is 0.178. The first kappa shape index (κ1) is 9.84. The quantitative estimate of drug-likeness (QED) is 0.757. The lowest BCUT2D eigenvalue weighted by Gasteiger charge is -2.13. The van der Waals surface area contributed by atoms with E-state index in [2.05, 4.69) is 0 Å². The third kappa shape index (κ3) is 1.89. The first-order chi connectivity index (χ1) is 7.18. The smallest absolute Gasteiger partial charge is 0.127 e. The highest BCUT2D eigenvalue weighted by atomic mass is 16.5. The SMILES string of the molecule is CC(C)Oc1ccc(N)c2ccccc12. The van der Waals surface area contributed by atoms with Gasteiger partial charge in [-0.2, -0.15) is 0 Å². The fourth-order valence-corrected chi connectivity index (χ4v) is 1.65. The van der Waals surface area contributed by atoms with Crippen molar-refractivity contribution in [3.8, 4) is 5.75 Å². The molecule has 0 saturated heterocycles. The van der Waals surface area contributed by atoms with Crippen molar-refractivity contribution in [2.75, 3.05) is 5.73 Å². The summed E-state index contributed by atoms with van der Waals surface area (Å²) in [6.45, 7) is 4.04. The van der Waals surface area contributed by atoms with Gasteiger partial charge in [-0.3, -0.25) is 0 Å². The van der Waals surface area contributed by atoms with E-state index in [-0.39, 0.29) is 6.10 Å². The van der Waals surface area contributed by atoms with E-state index in [9.17, 15) is 0 Å². The van der Waals surface area contributed by atoms with Crippen LogP contribution in [0.1, 0.15) is 13.8 Å². The van der Waals surface area contributed by atoms with Crippen LogP contribution in [0.15, 0.2) is 36.4 Å². The first-order valence-electron chi connectivity index (χ1n) is 5.12. The first-order valence-corrected chi connectivity index (χ1v) is 5.12. The fourth-order valence-electron chi connectivity index (χ4n) is 1.65. The molecular formula is C13H15NO. The third-order valence-corrected chi connectivity index (χ3v) is 2.28. The number of ether oxygens (including phenoxy) is 1. The van der Waals surface area contributed by atoms with E-state index in [4.69, 9.17) is 10.5 Å². The molecule has 2 rings (SSSR count). The number of nitrogen functional groups attached to an aromatic ring is 1. The Labute approximate surface area is 89.7 Å². The van der Waals surface area contributed by atoms with Crippen LogP contribution < -0.4 is 10.5 Å². The lowest BCUT2D eigenvalue weighted by molar-refractivity contribution is 0.245. The molecule has 0 radical (unpaired) electrons. The molecule has 0 aliphatic rings. The van der Waals surface area contributed by atoms with Crippen LogP contribution in [0.25, 0.3) is 10.8 Å². The Kier molecular flexibility index (Phi) is 2.50. The number of anilines is 1. The number of fused-ring (bicyclic) bond motifs is 1. The maximum absolute atomic E-state index is 5.90. The minimum Gasteiger partial charge on any atom is -0.490 e. The highest BCUT2D eigenvalue weighted by molar-refractivity contribution is 5.96. The molecule has 0 aromatic heterocycles. The number of benzene rings is 2. The van der Waals surface area contributed by atoms with Gasteiger partial charge in [0.1, 0.15) is 5.75 Å². The van der Waals surface area contributed by atoms with Crippen molar-refractivity contribution in [2.24, 2.45) is 0 Å². The predicted octanol–water partition coefficient (Wildman–Crippen LogP) is 3.21. The Balaban J connectivity index is 2.61. The normalized spacial score (nSPS) is 10.9. The monoisotopic (exact) mass is 201 g/mol. The van der Waals surface area contributed by atoms with Crippen molar-refractivity contribution >= 4 is 16.5 Å². The number of hydrogen-bond acceptors (Lipinski definition) is 2. The molecule has 15 heavy (non-hydrogen) atoms. The van der Waals surface area contributed by atoms with E-state index >= 15 is 0 Å². The third-order valence-electron chi connectivity index (χ3n) is 2.28. The van der Waals surface area contributed by atoms with Crippen molar-refractivity contribution in [3.63, 3.8) is 0 Å². The predicted molar refractivity (Wildman–Crippen MR) is 64.1 cm³/mol. The summed E-state index contributed by atoms with van der Waals surface area (Å²) in [5.74, 6) is 0.898. The molecule has 0 aliphatic carbocycles. The molecule has 2 heteroatoms. The summed E-state index contributed by atoms with van der Waals surface area (Å²) in [7, 11) is 0. The second-order valence-electron chi connectivity index (χ2n) is 3.87. The van der Waals surface area contributed by atoms with E-state index in [1.165, 1.54) is 0 Å². The van der Waals surface area contributed by atoms with Crippen molar-refractivity contribution in [1.82, 2.24) is 0 Å². The van der Waals surface area contributed by atoms with Gasteiger partial charge in [0, 0.05) is 16.5 Å². The Bertz CT molecular complexity index is 477. The van der Waals surface area contributed by atoms with Crippen LogP contribution in [0.5, 0.6) is 5.75 Å². The van der Waals surface area contributed by atoms with Crippen LogP contribution >= 0.6 is 0 Å². The van der Waals surface area contributed by atoms with Crippen LogP contribution in [0, 0.1) is 0 Å². The summed E-state index contributed by atoms with van der Waals surface area (Å²) in [5, 5.41) is 2.13. The maximum atomic E-state index is 5.90. The van der Waals surface area contributed by atoms with E-state index in [0.29, 0.717) is 0 Å². The number of hydrogen-bond donors (Lipinski definition) is 1.